The van der Waals surface area contributed by atoms with E-state index in [1.807, 2.05) is 13.8 Å². The summed E-state index contributed by atoms with van der Waals surface area (Å²) in [7, 11) is 0. The Hall–Kier alpha value is -2.18. The van der Waals surface area contributed by atoms with Crippen LogP contribution in [0.4, 0.5) is 0 Å². The van der Waals surface area contributed by atoms with Crippen LogP contribution in [0.2, 0.25) is 0 Å². The Morgan fingerprint density at radius 1 is 1.38 bits per heavy atom. The SMILES string of the molecule is Cc1noc([C@H]2CCN(C(=O)c3cc(C(C)C)on3)C2)n1. The molecule has 0 bridgehead atoms. The van der Waals surface area contributed by atoms with Crippen LogP contribution in [0.15, 0.2) is 15.1 Å². The molecule has 1 fully saturated rings. The molecule has 7 heteroatoms. The molecule has 1 aliphatic heterocycles. The van der Waals surface area contributed by atoms with Crippen molar-refractivity contribution >= 4 is 5.91 Å². The van der Waals surface area contributed by atoms with E-state index in [2.05, 4.69) is 15.3 Å². The molecule has 2 aromatic heterocycles. The van der Waals surface area contributed by atoms with E-state index in [-0.39, 0.29) is 17.7 Å². The first-order valence-corrected chi connectivity index (χ1v) is 7.10. The summed E-state index contributed by atoms with van der Waals surface area (Å²) in [4.78, 5) is 18.4. The number of hydrogen-bond donors (Lipinski definition) is 0. The molecule has 0 aromatic carbocycles. The van der Waals surface area contributed by atoms with Gasteiger partial charge < -0.3 is 13.9 Å². The van der Waals surface area contributed by atoms with Crippen molar-refractivity contribution in [2.75, 3.05) is 13.1 Å². The number of nitrogens with zero attached hydrogens (tertiary/aromatic N) is 4. The number of carbonyl (C=O) groups is 1. The fourth-order valence-corrected chi connectivity index (χ4v) is 2.45. The maximum Gasteiger partial charge on any atom is 0.276 e. The van der Waals surface area contributed by atoms with Crippen molar-refractivity contribution < 1.29 is 13.8 Å². The Bertz CT molecular complexity index is 646. The number of rotatable bonds is 3. The number of aryl methyl sites for hydroxylation is 1. The van der Waals surface area contributed by atoms with Gasteiger partial charge in [-0.05, 0) is 13.3 Å². The summed E-state index contributed by atoms with van der Waals surface area (Å²) in [5.41, 5.74) is 0.362. The average molecular weight is 290 g/mol. The highest BCUT2D eigenvalue weighted by molar-refractivity contribution is 5.92. The fourth-order valence-electron chi connectivity index (χ4n) is 2.45. The molecular weight excluding hydrogens is 272 g/mol. The molecule has 0 spiro atoms. The fraction of sp³-hybridized carbons (Fsp3) is 0.571. The number of carbonyl (C=O) groups excluding carboxylic acids is 1. The van der Waals surface area contributed by atoms with Gasteiger partial charge in [-0.2, -0.15) is 4.98 Å². The van der Waals surface area contributed by atoms with Crippen molar-refractivity contribution in [3.8, 4) is 0 Å². The second-order valence-electron chi connectivity index (χ2n) is 5.69. The highest BCUT2D eigenvalue weighted by atomic mass is 16.5. The Morgan fingerprint density at radius 2 is 2.19 bits per heavy atom. The van der Waals surface area contributed by atoms with Gasteiger partial charge in [0.1, 0.15) is 5.76 Å². The number of amides is 1. The van der Waals surface area contributed by atoms with Crippen LogP contribution in [-0.4, -0.2) is 39.2 Å². The Morgan fingerprint density at radius 3 is 2.81 bits per heavy atom. The largest absolute Gasteiger partial charge is 0.360 e. The van der Waals surface area contributed by atoms with Gasteiger partial charge in [0, 0.05) is 25.1 Å². The van der Waals surface area contributed by atoms with Crippen LogP contribution in [0.1, 0.15) is 60.1 Å². The minimum atomic E-state index is -0.107. The average Bonchev–Trinajstić information content (AvgIpc) is 3.17. The smallest absolute Gasteiger partial charge is 0.276 e. The quantitative estimate of drug-likeness (QED) is 0.860. The maximum atomic E-state index is 12.4. The summed E-state index contributed by atoms with van der Waals surface area (Å²) >= 11 is 0. The third kappa shape index (κ3) is 2.68. The molecular formula is C14H18N4O3. The van der Waals surface area contributed by atoms with Gasteiger partial charge in [-0.15, -0.1) is 0 Å². The van der Waals surface area contributed by atoms with E-state index in [9.17, 15) is 4.79 Å². The maximum absolute atomic E-state index is 12.4. The molecule has 0 aliphatic carbocycles. The predicted octanol–water partition coefficient (Wildman–Crippen LogP) is 2.12. The van der Waals surface area contributed by atoms with E-state index in [1.54, 1.807) is 17.9 Å². The van der Waals surface area contributed by atoms with Crippen LogP contribution in [0.3, 0.4) is 0 Å². The Balaban J connectivity index is 1.69. The summed E-state index contributed by atoms with van der Waals surface area (Å²) in [5, 5.41) is 7.66. The van der Waals surface area contributed by atoms with Crippen molar-refractivity contribution in [1.29, 1.82) is 0 Å². The van der Waals surface area contributed by atoms with Gasteiger partial charge in [-0.3, -0.25) is 4.79 Å². The first-order valence-electron chi connectivity index (χ1n) is 7.10. The van der Waals surface area contributed by atoms with Gasteiger partial charge in [0.2, 0.25) is 5.89 Å². The third-order valence-corrected chi connectivity index (χ3v) is 3.68. The molecule has 3 heterocycles. The lowest BCUT2D eigenvalue weighted by molar-refractivity contribution is 0.0779. The van der Waals surface area contributed by atoms with E-state index in [4.69, 9.17) is 9.05 Å². The molecule has 1 atom stereocenters. The van der Waals surface area contributed by atoms with Crippen LogP contribution in [0, 0.1) is 6.92 Å². The second-order valence-corrected chi connectivity index (χ2v) is 5.69. The Kier molecular flexibility index (Phi) is 3.48. The van der Waals surface area contributed by atoms with E-state index < -0.39 is 0 Å². The third-order valence-electron chi connectivity index (χ3n) is 3.68. The summed E-state index contributed by atoms with van der Waals surface area (Å²) in [5.74, 6) is 2.16. The van der Waals surface area contributed by atoms with Crippen molar-refractivity contribution in [3.05, 3.63) is 29.2 Å². The van der Waals surface area contributed by atoms with Crippen LogP contribution in [-0.2, 0) is 0 Å². The minimum Gasteiger partial charge on any atom is -0.360 e. The Labute approximate surface area is 122 Å². The molecule has 3 rings (SSSR count). The second kappa shape index (κ2) is 5.31. The van der Waals surface area contributed by atoms with Crippen LogP contribution >= 0.6 is 0 Å². The molecule has 112 valence electrons. The lowest BCUT2D eigenvalue weighted by Crippen LogP contribution is -2.28. The summed E-state index contributed by atoms with van der Waals surface area (Å²) in [6.45, 7) is 7.02. The summed E-state index contributed by atoms with van der Waals surface area (Å²) < 4.78 is 10.4. The first-order chi connectivity index (χ1) is 10.0. The summed E-state index contributed by atoms with van der Waals surface area (Å²) in [6.07, 6.45) is 0.822. The summed E-state index contributed by atoms with van der Waals surface area (Å²) in [6, 6.07) is 1.72. The van der Waals surface area contributed by atoms with Crippen molar-refractivity contribution in [1.82, 2.24) is 20.2 Å². The number of likely N-dealkylation sites (tertiary alicyclic amines) is 1. The molecule has 1 aliphatic rings. The van der Waals surface area contributed by atoms with E-state index in [1.165, 1.54) is 0 Å². The molecule has 0 radical (unpaired) electrons. The van der Waals surface area contributed by atoms with Crippen molar-refractivity contribution in [2.24, 2.45) is 0 Å². The van der Waals surface area contributed by atoms with Gasteiger partial charge in [0.25, 0.3) is 5.91 Å². The van der Waals surface area contributed by atoms with E-state index >= 15 is 0 Å². The normalized spacial score (nSPS) is 18.7. The number of hydrogen-bond acceptors (Lipinski definition) is 6. The van der Waals surface area contributed by atoms with Gasteiger partial charge in [-0.25, -0.2) is 0 Å². The number of aromatic nitrogens is 3. The van der Waals surface area contributed by atoms with E-state index in [0.717, 1.165) is 12.2 Å². The molecule has 1 amide bonds. The van der Waals surface area contributed by atoms with Crippen LogP contribution in [0.25, 0.3) is 0 Å². The van der Waals surface area contributed by atoms with Crippen LogP contribution < -0.4 is 0 Å². The molecule has 21 heavy (non-hydrogen) atoms. The van der Waals surface area contributed by atoms with E-state index in [0.29, 0.717) is 30.5 Å². The van der Waals surface area contributed by atoms with Crippen molar-refractivity contribution in [3.63, 3.8) is 0 Å². The van der Waals surface area contributed by atoms with Gasteiger partial charge in [0.15, 0.2) is 11.5 Å². The lowest BCUT2D eigenvalue weighted by Gasteiger charge is -2.13. The predicted molar refractivity (Wildman–Crippen MR) is 72.9 cm³/mol. The lowest BCUT2D eigenvalue weighted by atomic mass is 10.1. The highest BCUT2D eigenvalue weighted by Gasteiger charge is 2.32. The molecule has 2 aromatic rings. The monoisotopic (exact) mass is 290 g/mol. The molecule has 0 N–H and O–H groups in total. The van der Waals surface area contributed by atoms with Crippen molar-refractivity contribution in [2.45, 2.75) is 39.0 Å². The van der Waals surface area contributed by atoms with Crippen LogP contribution in [0.5, 0.6) is 0 Å². The molecule has 0 saturated carbocycles. The highest BCUT2D eigenvalue weighted by Crippen LogP contribution is 2.27. The molecule has 7 nitrogen and oxygen atoms in total. The first kappa shape index (κ1) is 13.8. The topological polar surface area (TPSA) is 85.3 Å². The minimum absolute atomic E-state index is 0.103. The molecule has 1 saturated heterocycles. The van der Waals surface area contributed by atoms with Gasteiger partial charge in [0.05, 0.1) is 5.92 Å². The molecule has 0 unspecified atom stereocenters. The zero-order chi connectivity index (χ0) is 15.0. The van der Waals surface area contributed by atoms with Gasteiger partial charge in [-0.1, -0.05) is 24.2 Å². The standard InChI is InChI=1S/C14H18N4O3/c1-8(2)12-6-11(17-20-12)14(19)18-5-4-10(7-18)13-15-9(3)16-21-13/h6,8,10H,4-5,7H2,1-3H3/t10-/m0/s1. The van der Waals surface area contributed by atoms with Gasteiger partial charge >= 0.3 is 0 Å². The zero-order valence-electron chi connectivity index (χ0n) is 12.4. The zero-order valence-corrected chi connectivity index (χ0v) is 12.4.